The van der Waals surface area contributed by atoms with E-state index in [0.717, 1.165) is 31.7 Å². The number of epoxide rings is 1. The Morgan fingerprint density at radius 1 is 1.28 bits per heavy atom. The van der Waals surface area contributed by atoms with Crippen LogP contribution in [0.3, 0.4) is 0 Å². The molecule has 0 bridgehead atoms. The Morgan fingerprint density at radius 3 is 2.80 bits per heavy atom. The maximum Gasteiger partial charge on any atom is 0.104 e. The highest BCUT2D eigenvalue weighted by Gasteiger charge is 2.54. The van der Waals surface area contributed by atoms with Crippen LogP contribution in [0.15, 0.2) is 23.3 Å². The van der Waals surface area contributed by atoms with E-state index >= 15 is 0 Å². The Labute approximate surface area is 154 Å². The maximum atomic E-state index is 6.12. The molecule has 3 aliphatic carbocycles. The monoisotopic (exact) mass is 344 g/mol. The molecule has 2 fully saturated rings. The molecular weight excluding hydrogens is 308 g/mol. The molecule has 4 aliphatic rings. The van der Waals surface area contributed by atoms with E-state index < -0.39 is 0 Å². The third kappa shape index (κ3) is 3.25. The van der Waals surface area contributed by atoms with Gasteiger partial charge in [0.15, 0.2) is 0 Å². The average Bonchev–Trinajstić information content (AvgIpc) is 3.38. The highest BCUT2D eigenvalue weighted by molar-refractivity contribution is 5.35. The summed E-state index contributed by atoms with van der Waals surface area (Å²) in [5.41, 5.74) is 4.10. The van der Waals surface area contributed by atoms with E-state index in [2.05, 4.69) is 39.8 Å². The minimum Gasteiger partial charge on any atom is -0.378 e. The minimum atomic E-state index is 0.325. The summed E-state index contributed by atoms with van der Waals surface area (Å²) in [5, 5.41) is 0. The van der Waals surface area contributed by atoms with E-state index in [9.17, 15) is 0 Å². The summed E-state index contributed by atoms with van der Waals surface area (Å²) in [6, 6.07) is 0. The van der Waals surface area contributed by atoms with Gasteiger partial charge in [0.05, 0.1) is 19.8 Å². The molecule has 0 aromatic rings. The Hall–Kier alpha value is -0.600. The summed E-state index contributed by atoms with van der Waals surface area (Å²) < 4.78 is 11.4. The van der Waals surface area contributed by atoms with Crippen LogP contribution < -0.4 is 0 Å². The van der Waals surface area contributed by atoms with Crippen molar-refractivity contribution in [1.29, 1.82) is 0 Å². The fourth-order valence-corrected chi connectivity index (χ4v) is 6.23. The fraction of sp³-hybridized carbons (Fsp3) is 0.826. The van der Waals surface area contributed by atoms with Gasteiger partial charge in [-0.3, -0.25) is 0 Å². The number of hydrogen-bond donors (Lipinski definition) is 0. The van der Waals surface area contributed by atoms with Crippen LogP contribution in [0, 0.1) is 28.6 Å². The summed E-state index contributed by atoms with van der Waals surface area (Å²) in [7, 11) is 0. The molecule has 140 valence electrons. The van der Waals surface area contributed by atoms with E-state index in [1.807, 2.05) is 0 Å². The van der Waals surface area contributed by atoms with Crippen LogP contribution in [-0.2, 0) is 9.47 Å². The number of allylic oxidation sites excluding steroid dienone is 4. The molecule has 0 radical (unpaired) electrons. The normalized spacial score (nSPS) is 43.2. The summed E-state index contributed by atoms with van der Waals surface area (Å²) in [5.74, 6) is 2.22. The van der Waals surface area contributed by atoms with Crippen molar-refractivity contribution in [2.45, 2.75) is 72.3 Å². The van der Waals surface area contributed by atoms with Gasteiger partial charge in [-0.05, 0) is 66.3 Å². The number of ether oxygens (including phenoxy) is 2. The quantitative estimate of drug-likeness (QED) is 0.611. The molecule has 1 heterocycles. The topological polar surface area (TPSA) is 21.8 Å². The first-order valence-corrected chi connectivity index (χ1v) is 10.5. The molecule has 0 amide bonds. The highest BCUT2D eigenvalue weighted by Crippen LogP contribution is 2.62. The second-order valence-corrected chi connectivity index (χ2v) is 9.94. The average molecular weight is 345 g/mol. The van der Waals surface area contributed by atoms with Crippen molar-refractivity contribution in [3.63, 3.8) is 0 Å². The smallest absolute Gasteiger partial charge is 0.104 e. The van der Waals surface area contributed by atoms with Crippen LogP contribution in [0.2, 0.25) is 0 Å². The lowest BCUT2D eigenvalue weighted by molar-refractivity contribution is -0.0908. The van der Waals surface area contributed by atoms with Crippen molar-refractivity contribution >= 4 is 0 Å². The summed E-state index contributed by atoms with van der Waals surface area (Å²) in [4.78, 5) is 0. The lowest BCUT2D eigenvalue weighted by Crippen LogP contribution is -2.51. The van der Waals surface area contributed by atoms with Crippen molar-refractivity contribution in [3.8, 4) is 0 Å². The van der Waals surface area contributed by atoms with Crippen LogP contribution >= 0.6 is 0 Å². The molecule has 2 nitrogen and oxygen atoms in total. The van der Waals surface area contributed by atoms with Crippen LogP contribution in [0.25, 0.3) is 0 Å². The van der Waals surface area contributed by atoms with Crippen molar-refractivity contribution in [2.75, 3.05) is 19.8 Å². The lowest BCUT2D eigenvalue weighted by atomic mass is 9.47. The number of fused-ring (bicyclic) bond motifs is 3. The summed E-state index contributed by atoms with van der Waals surface area (Å²) in [6.45, 7) is 12.4. The molecule has 1 saturated heterocycles. The molecule has 1 saturated carbocycles. The number of hydrogen-bond acceptors (Lipinski definition) is 2. The van der Waals surface area contributed by atoms with E-state index in [0.29, 0.717) is 22.9 Å². The molecule has 0 spiro atoms. The Balaban J connectivity index is 1.55. The zero-order valence-corrected chi connectivity index (χ0v) is 16.6. The molecule has 5 atom stereocenters. The molecule has 0 aromatic heterocycles. The van der Waals surface area contributed by atoms with Gasteiger partial charge in [-0.15, -0.1) is 0 Å². The molecule has 4 rings (SSSR count). The van der Waals surface area contributed by atoms with Gasteiger partial charge in [0, 0.05) is 0 Å². The molecule has 0 N–H and O–H groups in total. The first kappa shape index (κ1) is 17.8. The van der Waals surface area contributed by atoms with E-state index in [4.69, 9.17) is 9.47 Å². The molecule has 2 heteroatoms. The molecule has 2 unspecified atom stereocenters. The predicted octanol–water partition coefficient (Wildman–Crippen LogP) is 5.54. The van der Waals surface area contributed by atoms with Crippen LogP contribution in [0.1, 0.15) is 66.2 Å². The molecule has 0 aromatic carbocycles. The first-order chi connectivity index (χ1) is 11.9. The van der Waals surface area contributed by atoms with Gasteiger partial charge in [-0.1, -0.05) is 51.8 Å². The van der Waals surface area contributed by atoms with Gasteiger partial charge in [0.2, 0.25) is 0 Å². The van der Waals surface area contributed by atoms with Crippen LogP contribution in [0.4, 0.5) is 0 Å². The van der Waals surface area contributed by atoms with Gasteiger partial charge < -0.3 is 9.47 Å². The van der Waals surface area contributed by atoms with Gasteiger partial charge in [-0.25, -0.2) is 0 Å². The Kier molecular flexibility index (Phi) is 4.65. The highest BCUT2D eigenvalue weighted by atomic mass is 16.6. The van der Waals surface area contributed by atoms with E-state index in [-0.39, 0.29) is 0 Å². The fourth-order valence-electron chi connectivity index (χ4n) is 6.23. The van der Waals surface area contributed by atoms with E-state index in [1.54, 1.807) is 11.1 Å². The van der Waals surface area contributed by atoms with Crippen molar-refractivity contribution < 1.29 is 9.47 Å². The zero-order valence-electron chi connectivity index (χ0n) is 16.6. The molecule has 1 aliphatic heterocycles. The lowest BCUT2D eigenvalue weighted by Gasteiger charge is -2.58. The zero-order chi connectivity index (χ0) is 17.7. The maximum absolute atomic E-state index is 6.12. The van der Waals surface area contributed by atoms with Crippen LogP contribution in [-0.4, -0.2) is 25.9 Å². The molecule has 25 heavy (non-hydrogen) atoms. The minimum absolute atomic E-state index is 0.325. The van der Waals surface area contributed by atoms with Crippen LogP contribution in [0.5, 0.6) is 0 Å². The SMILES string of the molecule is CC(C)C1=CC2=CCC3[C@@](C)(COCC4CO4)CCC[C@]3(C)[C@@H]2CC1. The van der Waals surface area contributed by atoms with Gasteiger partial charge >= 0.3 is 0 Å². The van der Waals surface area contributed by atoms with Crippen molar-refractivity contribution in [2.24, 2.45) is 28.6 Å². The largest absolute Gasteiger partial charge is 0.378 e. The Bertz CT molecular complexity index is 571. The third-order valence-corrected chi connectivity index (χ3v) is 7.84. The second kappa shape index (κ2) is 6.53. The Morgan fingerprint density at radius 2 is 2.08 bits per heavy atom. The van der Waals surface area contributed by atoms with Crippen molar-refractivity contribution in [1.82, 2.24) is 0 Å². The first-order valence-electron chi connectivity index (χ1n) is 10.5. The predicted molar refractivity (Wildman–Crippen MR) is 102 cm³/mol. The van der Waals surface area contributed by atoms with Gasteiger partial charge in [0.25, 0.3) is 0 Å². The second-order valence-electron chi connectivity index (χ2n) is 9.94. The van der Waals surface area contributed by atoms with E-state index in [1.165, 1.54) is 38.5 Å². The van der Waals surface area contributed by atoms with Gasteiger partial charge in [0.1, 0.15) is 6.10 Å². The number of rotatable bonds is 5. The summed E-state index contributed by atoms with van der Waals surface area (Å²) >= 11 is 0. The summed E-state index contributed by atoms with van der Waals surface area (Å²) in [6.07, 6.45) is 13.5. The van der Waals surface area contributed by atoms with Gasteiger partial charge in [-0.2, -0.15) is 0 Å². The van der Waals surface area contributed by atoms with Crippen molar-refractivity contribution in [3.05, 3.63) is 23.3 Å². The third-order valence-electron chi connectivity index (χ3n) is 7.84. The standard InChI is InChI=1S/C23H36O2/c1-16(2)17-6-8-20-18(12-17)7-9-21-22(3,10-5-11-23(20,21)4)15-24-13-19-14-25-19/h7,12,16,19-21H,5-6,8-11,13-15H2,1-4H3/t19?,20-,21?,22-,23-/m1/s1. The molecular formula is C23H36O2.